The fourth-order valence-electron chi connectivity index (χ4n) is 6.14. The number of nitrogens with zero attached hydrogens (tertiary/aromatic N) is 1. The standard InChI is InChI=1S/C34H46N2O7S2/c1-24-9-7-8-12-27(24)29-21-26(13-14-28(29)32(37)35-30(15-18-44-3)34(39)42-2)23-43-31(22-25-10-5-4-6-11-25)33(38)36-16-19-45(40,41)20-17-36/h7-9,12-14,21,25,30-31H,4-6,10-11,15-20,22-23H2,1-3H3,(H,35,37)/t30?,31-/m0/s1. The Bertz CT molecular complexity index is 1430. The molecular weight excluding hydrogens is 613 g/mol. The summed E-state index contributed by atoms with van der Waals surface area (Å²) in [7, 11) is -1.80. The lowest BCUT2D eigenvalue weighted by Crippen LogP contribution is -2.48. The third-order valence-electron chi connectivity index (χ3n) is 8.82. The number of carbonyl (C=O) groups is 3. The molecule has 0 spiro atoms. The van der Waals surface area contributed by atoms with E-state index in [9.17, 15) is 22.8 Å². The number of esters is 1. The predicted octanol–water partition coefficient (Wildman–Crippen LogP) is 4.80. The first kappa shape index (κ1) is 35.0. The lowest BCUT2D eigenvalue weighted by molar-refractivity contribution is -0.146. The third kappa shape index (κ3) is 9.80. The zero-order chi connectivity index (χ0) is 32.4. The average Bonchev–Trinajstić information content (AvgIpc) is 3.04. The first-order chi connectivity index (χ1) is 21.6. The monoisotopic (exact) mass is 658 g/mol. The molecule has 2 aromatic rings. The summed E-state index contributed by atoms with van der Waals surface area (Å²) >= 11 is 1.59. The molecule has 2 aromatic carbocycles. The van der Waals surface area contributed by atoms with Crippen LogP contribution >= 0.6 is 11.8 Å². The Balaban J connectivity index is 1.58. The van der Waals surface area contributed by atoms with Gasteiger partial charge in [-0.25, -0.2) is 13.2 Å². The molecule has 1 unspecified atom stereocenters. The van der Waals surface area contributed by atoms with Crippen LogP contribution in [0.4, 0.5) is 0 Å². The van der Waals surface area contributed by atoms with Gasteiger partial charge in [0.05, 0.1) is 25.2 Å². The number of amides is 2. The van der Waals surface area contributed by atoms with Crippen LogP contribution in [0.1, 0.15) is 66.4 Å². The van der Waals surface area contributed by atoms with E-state index in [4.69, 9.17) is 9.47 Å². The van der Waals surface area contributed by atoms with E-state index in [1.807, 2.05) is 49.6 Å². The lowest BCUT2D eigenvalue weighted by atomic mass is 9.85. The number of sulfone groups is 1. The van der Waals surface area contributed by atoms with Crippen LogP contribution < -0.4 is 5.32 Å². The molecule has 1 N–H and O–H groups in total. The smallest absolute Gasteiger partial charge is 0.328 e. The average molecular weight is 659 g/mol. The van der Waals surface area contributed by atoms with Crippen LogP contribution in [0.3, 0.4) is 0 Å². The largest absolute Gasteiger partial charge is 0.467 e. The number of ether oxygens (including phenoxy) is 2. The van der Waals surface area contributed by atoms with Crippen LogP contribution in [0.25, 0.3) is 11.1 Å². The second-order valence-electron chi connectivity index (χ2n) is 12.0. The molecule has 1 aliphatic carbocycles. The van der Waals surface area contributed by atoms with Crippen LogP contribution in [-0.2, 0) is 35.5 Å². The van der Waals surface area contributed by atoms with Gasteiger partial charge in [-0.1, -0.05) is 62.4 Å². The molecule has 246 valence electrons. The predicted molar refractivity (Wildman–Crippen MR) is 178 cm³/mol. The van der Waals surface area contributed by atoms with Crippen LogP contribution in [0.15, 0.2) is 42.5 Å². The van der Waals surface area contributed by atoms with Gasteiger partial charge in [0.1, 0.15) is 12.1 Å². The third-order valence-corrected chi connectivity index (χ3v) is 11.1. The molecule has 0 bridgehead atoms. The number of rotatable bonds is 13. The van der Waals surface area contributed by atoms with Gasteiger partial charge in [-0.3, -0.25) is 9.59 Å². The van der Waals surface area contributed by atoms with Gasteiger partial charge in [0, 0.05) is 18.7 Å². The van der Waals surface area contributed by atoms with Crippen molar-refractivity contribution >= 4 is 39.4 Å². The number of benzene rings is 2. The van der Waals surface area contributed by atoms with E-state index in [0.29, 0.717) is 35.6 Å². The number of methoxy groups -OCH3 is 1. The Hall–Kier alpha value is -2.89. The molecule has 45 heavy (non-hydrogen) atoms. The van der Waals surface area contributed by atoms with Crippen molar-refractivity contribution < 1.29 is 32.3 Å². The number of carbonyl (C=O) groups excluding carboxylic acids is 3. The van der Waals surface area contributed by atoms with E-state index in [0.717, 1.165) is 42.4 Å². The summed E-state index contributed by atoms with van der Waals surface area (Å²) in [5.41, 5.74) is 3.81. The molecule has 2 fully saturated rings. The Labute approximate surface area is 271 Å². The van der Waals surface area contributed by atoms with Gasteiger partial charge in [0.2, 0.25) is 0 Å². The fraction of sp³-hybridized carbons (Fsp3) is 0.559. The molecule has 0 aromatic heterocycles. The molecule has 2 aliphatic rings. The topological polar surface area (TPSA) is 119 Å². The lowest BCUT2D eigenvalue weighted by Gasteiger charge is -2.32. The van der Waals surface area contributed by atoms with E-state index >= 15 is 0 Å². The van der Waals surface area contributed by atoms with E-state index in [1.54, 1.807) is 22.7 Å². The fourth-order valence-corrected chi connectivity index (χ4v) is 7.81. The van der Waals surface area contributed by atoms with Gasteiger partial charge in [-0.05, 0) is 72.1 Å². The van der Waals surface area contributed by atoms with Crippen molar-refractivity contribution in [3.05, 3.63) is 59.2 Å². The summed E-state index contributed by atoms with van der Waals surface area (Å²) in [5, 5.41) is 2.87. The van der Waals surface area contributed by atoms with Gasteiger partial charge >= 0.3 is 5.97 Å². The van der Waals surface area contributed by atoms with Crippen LogP contribution in [0.2, 0.25) is 0 Å². The molecule has 1 saturated carbocycles. The number of aryl methyl sites for hydroxylation is 1. The number of hydrogen-bond donors (Lipinski definition) is 1. The van der Waals surface area contributed by atoms with E-state index in [2.05, 4.69) is 5.32 Å². The number of thioether (sulfide) groups is 1. The maximum atomic E-state index is 13.7. The summed E-state index contributed by atoms with van der Waals surface area (Å²) in [4.78, 5) is 41.3. The maximum Gasteiger partial charge on any atom is 0.328 e. The van der Waals surface area contributed by atoms with E-state index < -0.39 is 28.0 Å². The second kappa shape index (κ2) is 16.6. The summed E-state index contributed by atoms with van der Waals surface area (Å²) in [6, 6.07) is 12.5. The normalized spacial score (nSPS) is 18.2. The molecule has 11 heteroatoms. The van der Waals surface area contributed by atoms with Gasteiger partial charge in [-0.2, -0.15) is 11.8 Å². The van der Waals surface area contributed by atoms with Crippen LogP contribution in [0.5, 0.6) is 0 Å². The van der Waals surface area contributed by atoms with Gasteiger partial charge < -0.3 is 19.7 Å². The summed E-state index contributed by atoms with van der Waals surface area (Å²) in [5.74, 6) is 0.0315. The molecule has 2 atom stereocenters. The molecular formula is C34H46N2O7S2. The van der Waals surface area contributed by atoms with Crippen molar-refractivity contribution in [1.29, 1.82) is 0 Å². The minimum atomic E-state index is -3.12. The van der Waals surface area contributed by atoms with Gasteiger partial charge in [0.25, 0.3) is 11.8 Å². The Kier molecular flexibility index (Phi) is 12.9. The van der Waals surface area contributed by atoms with Crippen molar-refractivity contribution in [1.82, 2.24) is 10.2 Å². The van der Waals surface area contributed by atoms with E-state index in [-0.39, 0.29) is 43.0 Å². The molecule has 1 aliphatic heterocycles. The van der Waals surface area contributed by atoms with Crippen molar-refractivity contribution in [2.75, 3.05) is 43.7 Å². The summed E-state index contributed by atoms with van der Waals surface area (Å²) in [6.45, 7) is 2.52. The number of hydrogen-bond acceptors (Lipinski definition) is 8. The molecule has 9 nitrogen and oxygen atoms in total. The number of nitrogens with one attached hydrogen (secondary N) is 1. The minimum absolute atomic E-state index is 0.0215. The molecule has 0 radical (unpaired) electrons. The highest BCUT2D eigenvalue weighted by molar-refractivity contribution is 7.98. The maximum absolute atomic E-state index is 13.7. The van der Waals surface area contributed by atoms with E-state index in [1.165, 1.54) is 13.5 Å². The van der Waals surface area contributed by atoms with Gasteiger partial charge in [0.15, 0.2) is 9.84 Å². The Morgan fingerprint density at radius 1 is 1.02 bits per heavy atom. The van der Waals surface area contributed by atoms with Crippen LogP contribution in [-0.4, -0.2) is 87.0 Å². The van der Waals surface area contributed by atoms with Crippen LogP contribution in [0, 0.1) is 12.8 Å². The Morgan fingerprint density at radius 2 is 1.73 bits per heavy atom. The highest BCUT2D eigenvalue weighted by Gasteiger charge is 2.32. The van der Waals surface area contributed by atoms with Crippen molar-refractivity contribution in [2.24, 2.45) is 5.92 Å². The highest BCUT2D eigenvalue weighted by atomic mass is 32.2. The van der Waals surface area contributed by atoms with Crippen molar-refractivity contribution in [3.63, 3.8) is 0 Å². The zero-order valence-corrected chi connectivity index (χ0v) is 28.2. The quantitative estimate of drug-likeness (QED) is 0.305. The molecule has 2 amide bonds. The molecule has 1 saturated heterocycles. The highest BCUT2D eigenvalue weighted by Crippen LogP contribution is 2.31. The minimum Gasteiger partial charge on any atom is -0.467 e. The second-order valence-corrected chi connectivity index (χ2v) is 15.3. The van der Waals surface area contributed by atoms with Crippen molar-refractivity contribution in [2.45, 2.75) is 70.6 Å². The Morgan fingerprint density at radius 3 is 2.40 bits per heavy atom. The SMILES string of the molecule is COC(=O)C(CCSC)NC(=O)c1ccc(CO[C@@H](CC2CCCCC2)C(=O)N2CCS(=O)(=O)CC2)cc1-c1ccccc1C. The molecule has 1 heterocycles. The summed E-state index contributed by atoms with van der Waals surface area (Å²) in [6.07, 6.45) is 7.95. The van der Waals surface area contributed by atoms with Crippen molar-refractivity contribution in [3.8, 4) is 11.1 Å². The molecule has 4 rings (SSSR count). The first-order valence-electron chi connectivity index (χ1n) is 15.8. The summed E-state index contributed by atoms with van der Waals surface area (Å²) < 4.78 is 35.3. The van der Waals surface area contributed by atoms with Gasteiger partial charge in [-0.15, -0.1) is 0 Å². The zero-order valence-electron chi connectivity index (χ0n) is 26.6. The first-order valence-corrected chi connectivity index (χ1v) is 19.0.